The molecule has 5 nitrogen and oxygen atoms in total. The summed E-state index contributed by atoms with van der Waals surface area (Å²) in [5.74, 6) is 0. The molecule has 88 valence electrons. The van der Waals surface area contributed by atoms with Gasteiger partial charge >= 0.3 is 0 Å². The zero-order valence-electron chi connectivity index (χ0n) is 7.57. The number of hydrogen-bond acceptors (Lipinski definition) is 3. The van der Waals surface area contributed by atoms with Crippen LogP contribution < -0.4 is 11.1 Å². The van der Waals surface area contributed by atoms with Crippen LogP contribution in [0.5, 0.6) is 0 Å². The molecular weight excluding hydrogens is 297 g/mol. The van der Waals surface area contributed by atoms with E-state index in [4.69, 9.17) is 28.9 Å². The number of thiocarbonyl (C=S) groups is 1. The molecule has 0 saturated carbocycles. The Morgan fingerprint density at radius 3 is 2.19 bits per heavy atom. The van der Waals surface area contributed by atoms with Crippen LogP contribution in [-0.4, -0.2) is 10.0 Å². The van der Waals surface area contributed by atoms with Crippen LogP contribution in [0.4, 0.5) is 11.4 Å². The first-order valence-electron chi connectivity index (χ1n) is 3.61. The molecule has 16 heavy (non-hydrogen) atoms. The second-order valence-electron chi connectivity index (χ2n) is 2.53. The highest BCUT2D eigenvalue weighted by Crippen LogP contribution is 2.34. The van der Waals surface area contributed by atoms with Crippen LogP contribution in [-0.2, 0) is 0 Å². The minimum atomic E-state index is -0.595. The molecule has 0 aromatic heterocycles. The van der Waals surface area contributed by atoms with Crippen molar-refractivity contribution in [2.45, 2.75) is 0 Å². The number of hydrogen-bond donors (Lipinski definition) is 2. The molecule has 0 saturated heterocycles. The first-order valence-corrected chi connectivity index (χ1v) is 4.78. The summed E-state index contributed by atoms with van der Waals surface area (Å²) in [5.41, 5.74) is 5.29. The van der Waals surface area contributed by atoms with E-state index >= 15 is 0 Å². The number of nitro benzene ring substituents is 1. The number of halogens is 3. The molecule has 0 unspecified atom stereocenters. The molecule has 1 aromatic carbocycles. The number of non-ortho nitro benzene ring substituents is 1. The van der Waals surface area contributed by atoms with E-state index in [1.165, 1.54) is 0 Å². The number of nitro groups is 1. The van der Waals surface area contributed by atoms with Crippen molar-refractivity contribution in [2.75, 3.05) is 5.32 Å². The van der Waals surface area contributed by atoms with Crippen LogP contribution in [0.15, 0.2) is 12.1 Å². The third-order valence-corrected chi connectivity index (χ3v) is 2.18. The Hall–Kier alpha value is -0.820. The third-order valence-electron chi connectivity index (χ3n) is 1.49. The second kappa shape index (κ2) is 6.05. The third kappa shape index (κ3) is 3.64. The van der Waals surface area contributed by atoms with Crippen LogP contribution in [0.2, 0.25) is 10.0 Å². The van der Waals surface area contributed by atoms with Gasteiger partial charge in [0, 0.05) is 12.1 Å². The van der Waals surface area contributed by atoms with Crippen molar-refractivity contribution in [1.29, 1.82) is 0 Å². The van der Waals surface area contributed by atoms with Crippen LogP contribution in [0.3, 0.4) is 0 Å². The minimum absolute atomic E-state index is 0. The lowest BCUT2D eigenvalue weighted by atomic mass is 10.3. The Labute approximate surface area is 112 Å². The lowest BCUT2D eigenvalue weighted by molar-refractivity contribution is -0.384. The summed E-state index contributed by atoms with van der Waals surface area (Å²) in [7, 11) is 0. The van der Waals surface area contributed by atoms with E-state index in [9.17, 15) is 10.1 Å². The molecule has 1 aromatic rings. The van der Waals surface area contributed by atoms with Crippen molar-refractivity contribution in [3.63, 3.8) is 0 Å². The summed E-state index contributed by atoms with van der Waals surface area (Å²) in [6, 6.07) is 2.32. The maximum atomic E-state index is 10.5. The molecular formula is C7H6Cl3N3O2S. The Bertz CT molecular complexity index is 418. The molecule has 0 aliphatic rings. The van der Waals surface area contributed by atoms with E-state index in [1.54, 1.807) is 0 Å². The molecule has 0 spiro atoms. The lowest BCUT2D eigenvalue weighted by Gasteiger charge is -2.07. The standard InChI is InChI=1S/C7H5Cl2N3O2S.ClH/c8-4-1-3(12(13)14)2-5(9)6(4)11-7(10)15;/h1-2H,(H3,10,11,15);1H. The van der Waals surface area contributed by atoms with Gasteiger partial charge < -0.3 is 11.1 Å². The van der Waals surface area contributed by atoms with Crippen molar-refractivity contribution in [3.8, 4) is 0 Å². The number of benzene rings is 1. The van der Waals surface area contributed by atoms with Crippen molar-refractivity contribution in [1.82, 2.24) is 0 Å². The first kappa shape index (κ1) is 15.2. The van der Waals surface area contributed by atoms with Crippen LogP contribution in [0, 0.1) is 10.1 Å². The SMILES string of the molecule is Cl.NC(=S)Nc1c(Cl)cc([N+](=O)[O-])cc1Cl. The van der Waals surface area contributed by atoms with Gasteiger partial charge in [-0.1, -0.05) is 23.2 Å². The van der Waals surface area contributed by atoms with Crippen LogP contribution in [0.25, 0.3) is 0 Å². The zero-order valence-corrected chi connectivity index (χ0v) is 10.7. The molecule has 0 fully saturated rings. The zero-order chi connectivity index (χ0) is 11.6. The second-order valence-corrected chi connectivity index (χ2v) is 3.79. The molecule has 0 bridgehead atoms. The Morgan fingerprint density at radius 1 is 1.44 bits per heavy atom. The Morgan fingerprint density at radius 2 is 1.88 bits per heavy atom. The first-order chi connectivity index (χ1) is 6.91. The number of nitrogens with two attached hydrogens (primary N) is 1. The van der Waals surface area contributed by atoms with Gasteiger partial charge in [0.05, 0.1) is 20.7 Å². The van der Waals surface area contributed by atoms with Gasteiger partial charge in [-0.3, -0.25) is 10.1 Å². The van der Waals surface area contributed by atoms with Crippen LogP contribution >= 0.6 is 47.8 Å². The number of nitrogens with zero attached hydrogens (tertiary/aromatic N) is 1. The van der Waals surface area contributed by atoms with Gasteiger partial charge in [0.2, 0.25) is 0 Å². The highest BCUT2D eigenvalue weighted by atomic mass is 35.5. The predicted molar refractivity (Wildman–Crippen MR) is 70.8 cm³/mol. The van der Waals surface area contributed by atoms with Crippen molar-refractivity contribution >= 4 is 64.3 Å². The van der Waals surface area contributed by atoms with Crippen molar-refractivity contribution in [2.24, 2.45) is 5.73 Å². The summed E-state index contributed by atoms with van der Waals surface area (Å²) >= 11 is 16.1. The fourth-order valence-electron chi connectivity index (χ4n) is 0.908. The molecule has 0 amide bonds. The average molecular weight is 303 g/mol. The Kier molecular flexibility index (Phi) is 5.74. The molecule has 0 radical (unpaired) electrons. The van der Waals surface area contributed by atoms with Gasteiger partial charge in [0.15, 0.2) is 5.11 Å². The van der Waals surface area contributed by atoms with E-state index in [2.05, 4.69) is 17.5 Å². The fraction of sp³-hybridized carbons (Fsp3) is 0. The fourth-order valence-corrected chi connectivity index (χ4v) is 1.58. The monoisotopic (exact) mass is 301 g/mol. The van der Waals surface area contributed by atoms with Crippen molar-refractivity contribution in [3.05, 3.63) is 32.3 Å². The number of rotatable bonds is 2. The summed E-state index contributed by atoms with van der Waals surface area (Å²) in [5, 5.41) is 13.1. The Balaban J connectivity index is 0.00000225. The van der Waals surface area contributed by atoms with E-state index in [0.717, 1.165) is 12.1 Å². The summed E-state index contributed by atoms with van der Waals surface area (Å²) in [6.45, 7) is 0. The molecule has 0 heterocycles. The molecule has 0 aliphatic heterocycles. The van der Waals surface area contributed by atoms with E-state index in [-0.39, 0.29) is 38.9 Å². The molecule has 9 heteroatoms. The van der Waals surface area contributed by atoms with Gasteiger partial charge in [-0.15, -0.1) is 12.4 Å². The van der Waals surface area contributed by atoms with Gasteiger partial charge in [0.25, 0.3) is 5.69 Å². The minimum Gasteiger partial charge on any atom is -0.376 e. The topological polar surface area (TPSA) is 81.2 Å². The quantitative estimate of drug-likeness (QED) is 0.498. The van der Waals surface area contributed by atoms with Crippen LogP contribution in [0.1, 0.15) is 0 Å². The van der Waals surface area contributed by atoms with Gasteiger partial charge in [-0.2, -0.15) is 0 Å². The highest BCUT2D eigenvalue weighted by molar-refractivity contribution is 7.80. The molecule has 1 rings (SSSR count). The molecule has 3 N–H and O–H groups in total. The van der Waals surface area contributed by atoms with E-state index in [0.29, 0.717) is 0 Å². The number of anilines is 1. The average Bonchev–Trinajstić information content (AvgIpc) is 2.10. The van der Waals surface area contributed by atoms with E-state index in [1.807, 2.05) is 0 Å². The maximum absolute atomic E-state index is 10.5. The van der Waals surface area contributed by atoms with Gasteiger partial charge in [0.1, 0.15) is 0 Å². The van der Waals surface area contributed by atoms with Gasteiger partial charge in [-0.05, 0) is 12.2 Å². The predicted octanol–water partition coefficient (Wildman–Crippen LogP) is 2.98. The maximum Gasteiger partial charge on any atom is 0.272 e. The van der Waals surface area contributed by atoms with E-state index < -0.39 is 4.92 Å². The number of nitrogens with one attached hydrogen (secondary N) is 1. The van der Waals surface area contributed by atoms with Gasteiger partial charge in [-0.25, -0.2) is 0 Å². The van der Waals surface area contributed by atoms with Crippen molar-refractivity contribution < 1.29 is 4.92 Å². The lowest BCUT2D eigenvalue weighted by Crippen LogP contribution is -2.19. The summed E-state index contributed by atoms with van der Waals surface area (Å²) < 4.78 is 0. The largest absolute Gasteiger partial charge is 0.376 e. The highest BCUT2D eigenvalue weighted by Gasteiger charge is 2.14. The molecule has 0 atom stereocenters. The smallest absolute Gasteiger partial charge is 0.272 e. The molecule has 0 aliphatic carbocycles. The summed E-state index contributed by atoms with van der Waals surface area (Å²) in [6.07, 6.45) is 0. The normalized spacial score (nSPS) is 9.12. The summed E-state index contributed by atoms with van der Waals surface area (Å²) in [4.78, 5) is 9.86.